The molecule has 1 atom stereocenters. The quantitative estimate of drug-likeness (QED) is 0.755. The SMILES string of the molecule is C=CCNc1cc(NC(C)CC)nc(-c2ccccc2)n1. The lowest BCUT2D eigenvalue weighted by Crippen LogP contribution is -2.15. The van der Waals surface area contributed by atoms with E-state index in [2.05, 4.69) is 41.0 Å². The van der Waals surface area contributed by atoms with Crippen LogP contribution in [0, 0.1) is 0 Å². The first-order valence-electron chi connectivity index (χ1n) is 7.28. The molecule has 0 fully saturated rings. The molecule has 21 heavy (non-hydrogen) atoms. The fourth-order valence-corrected chi connectivity index (χ4v) is 1.86. The van der Waals surface area contributed by atoms with Crippen LogP contribution in [0.3, 0.4) is 0 Å². The van der Waals surface area contributed by atoms with Gasteiger partial charge in [-0.15, -0.1) is 6.58 Å². The van der Waals surface area contributed by atoms with E-state index in [1.54, 1.807) is 0 Å². The highest BCUT2D eigenvalue weighted by Gasteiger charge is 2.08. The molecule has 1 aromatic heterocycles. The predicted octanol–water partition coefficient (Wildman–Crippen LogP) is 3.95. The van der Waals surface area contributed by atoms with Crippen LogP contribution in [0.5, 0.6) is 0 Å². The third-order valence-corrected chi connectivity index (χ3v) is 3.19. The molecule has 1 heterocycles. The molecule has 2 N–H and O–H groups in total. The molecule has 0 radical (unpaired) electrons. The molecule has 0 aliphatic carbocycles. The van der Waals surface area contributed by atoms with Gasteiger partial charge in [0.05, 0.1) is 0 Å². The lowest BCUT2D eigenvalue weighted by atomic mass is 10.2. The molecule has 2 rings (SSSR count). The van der Waals surface area contributed by atoms with Gasteiger partial charge < -0.3 is 10.6 Å². The van der Waals surface area contributed by atoms with Crippen LogP contribution in [-0.2, 0) is 0 Å². The summed E-state index contributed by atoms with van der Waals surface area (Å²) >= 11 is 0. The number of rotatable bonds is 7. The number of aromatic nitrogens is 2. The van der Waals surface area contributed by atoms with Crippen molar-refractivity contribution in [3.63, 3.8) is 0 Å². The van der Waals surface area contributed by atoms with Gasteiger partial charge in [0.25, 0.3) is 0 Å². The van der Waals surface area contributed by atoms with Gasteiger partial charge in [-0.05, 0) is 13.3 Å². The largest absolute Gasteiger partial charge is 0.367 e. The van der Waals surface area contributed by atoms with Crippen LogP contribution >= 0.6 is 0 Å². The van der Waals surface area contributed by atoms with E-state index >= 15 is 0 Å². The Morgan fingerprint density at radius 3 is 2.57 bits per heavy atom. The molecule has 4 heteroatoms. The van der Waals surface area contributed by atoms with E-state index in [-0.39, 0.29) is 0 Å². The Morgan fingerprint density at radius 1 is 1.19 bits per heavy atom. The number of hydrogen-bond donors (Lipinski definition) is 2. The van der Waals surface area contributed by atoms with E-state index in [4.69, 9.17) is 0 Å². The number of anilines is 2. The lowest BCUT2D eigenvalue weighted by molar-refractivity contribution is 0.759. The molecule has 0 aliphatic rings. The van der Waals surface area contributed by atoms with Gasteiger partial charge in [0.2, 0.25) is 0 Å². The van der Waals surface area contributed by atoms with Gasteiger partial charge >= 0.3 is 0 Å². The molecule has 0 saturated heterocycles. The third kappa shape index (κ3) is 4.31. The first kappa shape index (κ1) is 15.0. The molecule has 1 unspecified atom stereocenters. The maximum Gasteiger partial charge on any atom is 0.163 e. The van der Waals surface area contributed by atoms with E-state index in [9.17, 15) is 0 Å². The van der Waals surface area contributed by atoms with E-state index < -0.39 is 0 Å². The number of nitrogens with zero attached hydrogens (tertiary/aromatic N) is 2. The summed E-state index contributed by atoms with van der Waals surface area (Å²) in [6.07, 6.45) is 2.85. The molecule has 0 amide bonds. The molecule has 4 nitrogen and oxygen atoms in total. The zero-order valence-corrected chi connectivity index (χ0v) is 12.6. The normalized spacial score (nSPS) is 11.7. The molecule has 0 bridgehead atoms. The lowest BCUT2D eigenvalue weighted by Gasteiger charge is -2.14. The predicted molar refractivity (Wildman–Crippen MR) is 89.5 cm³/mol. The zero-order valence-electron chi connectivity index (χ0n) is 12.6. The maximum absolute atomic E-state index is 4.61. The highest BCUT2D eigenvalue weighted by atomic mass is 15.1. The Balaban J connectivity index is 2.34. The standard InChI is InChI=1S/C17H22N4/c1-4-11-18-15-12-16(19-13(3)5-2)21-17(20-15)14-9-7-6-8-10-14/h4,6-10,12-13H,1,5,11H2,2-3H3,(H2,18,19,20,21). The molecule has 1 aromatic carbocycles. The second kappa shape index (κ2) is 7.43. The average Bonchev–Trinajstić information content (AvgIpc) is 2.53. The summed E-state index contributed by atoms with van der Waals surface area (Å²) in [7, 11) is 0. The number of benzene rings is 1. The van der Waals surface area contributed by atoms with E-state index in [0.29, 0.717) is 12.6 Å². The van der Waals surface area contributed by atoms with Crippen molar-refractivity contribution in [2.75, 3.05) is 17.2 Å². The van der Waals surface area contributed by atoms with Crippen LogP contribution in [0.1, 0.15) is 20.3 Å². The molecule has 110 valence electrons. The summed E-state index contributed by atoms with van der Waals surface area (Å²) in [6, 6.07) is 12.3. The monoisotopic (exact) mass is 282 g/mol. The summed E-state index contributed by atoms with van der Waals surface area (Å²) < 4.78 is 0. The topological polar surface area (TPSA) is 49.8 Å². The van der Waals surface area contributed by atoms with Crippen molar-refractivity contribution < 1.29 is 0 Å². The van der Waals surface area contributed by atoms with Gasteiger partial charge in [-0.25, -0.2) is 9.97 Å². The highest BCUT2D eigenvalue weighted by molar-refractivity contribution is 5.61. The Labute approximate surface area is 126 Å². The summed E-state index contributed by atoms with van der Waals surface area (Å²) in [4.78, 5) is 9.18. The Bertz CT molecular complexity index is 581. The summed E-state index contributed by atoms with van der Waals surface area (Å²) in [6.45, 7) is 8.68. The number of nitrogens with one attached hydrogen (secondary N) is 2. The maximum atomic E-state index is 4.61. The minimum atomic E-state index is 0.371. The van der Waals surface area contributed by atoms with Gasteiger partial charge in [0, 0.05) is 24.2 Å². The minimum absolute atomic E-state index is 0.371. The smallest absolute Gasteiger partial charge is 0.163 e. The van der Waals surface area contributed by atoms with Crippen LogP contribution < -0.4 is 10.6 Å². The van der Waals surface area contributed by atoms with Crippen molar-refractivity contribution in [3.05, 3.63) is 49.1 Å². The third-order valence-electron chi connectivity index (χ3n) is 3.19. The molecular weight excluding hydrogens is 260 g/mol. The van der Waals surface area contributed by atoms with E-state index in [1.807, 2.05) is 42.5 Å². The van der Waals surface area contributed by atoms with Crippen molar-refractivity contribution in [2.45, 2.75) is 26.3 Å². The highest BCUT2D eigenvalue weighted by Crippen LogP contribution is 2.20. The van der Waals surface area contributed by atoms with E-state index in [0.717, 1.165) is 29.4 Å². The van der Waals surface area contributed by atoms with Crippen molar-refractivity contribution in [1.82, 2.24) is 9.97 Å². The molecule has 0 spiro atoms. The Kier molecular flexibility index (Phi) is 5.32. The second-order valence-corrected chi connectivity index (χ2v) is 4.95. The number of hydrogen-bond acceptors (Lipinski definition) is 4. The fraction of sp³-hybridized carbons (Fsp3) is 0.294. The summed E-state index contributed by atoms with van der Waals surface area (Å²) in [5.41, 5.74) is 1.01. The van der Waals surface area contributed by atoms with Crippen LogP contribution in [0.15, 0.2) is 49.1 Å². The van der Waals surface area contributed by atoms with Crippen LogP contribution in [0.25, 0.3) is 11.4 Å². The Hall–Kier alpha value is -2.36. The first-order chi connectivity index (χ1) is 10.2. The summed E-state index contributed by atoms with van der Waals surface area (Å²) in [5.74, 6) is 2.36. The fourth-order valence-electron chi connectivity index (χ4n) is 1.86. The second-order valence-electron chi connectivity index (χ2n) is 4.95. The molecule has 2 aromatic rings. The van der Waals surface area contributed by atoms with Crippen LogP contribution in [0.2, 0.25) is 0 Å². The minimum Gasteiger partial charge on any atom is -0.367 e. The molecule has 0 saturated carbocycles. The molecule has 0 aliphatic heterocycles. The van der Waals surface area contributed by atoms with Crippen LogP contribution in [-0.4, -0.2) is 22.6 Å². The average molecular weight is 282 g/mol. The van der Waals surface area contributed by atoms with Crippen molar-refractivity contribution in [2.24, 2.45) is 0 Å². The van der Waals surface area contributed by atoms with Crippen molar-refractivity contribution in [3.8, 4) is 11.4 Å². The van der Waals surface area contributed by atoms with Crippen LogP contribution in [0.4, 0.5) is 11.6 Å². The first-order valence-corrected chi connectivity index (χ1v) is 7.28. The van der Waals surface area contributed by atoms with Gasteiger partial charge in [-0.3, -0.25) is 0 Å². The Morgan fingerprint density at radius 2 is 1.90 bits per heavy atom. The molecular formula is C17H22N4. The van der Waals surface area contributed by atoms with Gasteiger partial charge in [0.15, 0.2) is 5.82 Å². The zero-order chi connectivity index (χ0) is 15.1. The van der Waals surface area contributed by atoms with Gasteiger partial charge in [-0.1, -0.05) is 43.3 Å². The van der Waals surface area contributed by atoms with Crippen molar-refractivity contribution in [1.29, 1.82) is 0 Å². The van der Waals surface area contributed by atoms with Crippen molar-refractivity contribution >= 4 is 11.6 Å². The van der Waals surface area contributed by atoms with E-state index in [1.165, 1.54) is 0 Å². The van der Waals surface area contributed by atoms with Gasteiger partial charge in [-0.2, -0.15) is 0 Å². The summed E-state index contributed by atoms with van der Waals surface area (Å²) in [5, 5.41) is 6.63. The van der Waals surface area contributed by atoms with Gasteiger partial charge in [0.1, 0.15) is 11.6 Å².